The summed E-state index contributed by atoms with van der Waals surface area (Å²) in [6.07, 6.45) is 0. The molecule has 0 aliphatic carbocycles. The molecule has 1 heterocycles. The van der Waals surface area contributed by atoms with Gasteiger partial charge < -0.3 is 19.8 Å². The van der Waals surface area contributed by atoms with Gasteiger partial charge in [0.15, 0.2) is 12.0 Å². The van der Waals surface area contributed by atoms with Crippen molar-refractivity contribution in [2.75, 3.05) is 19.0 Å². The van der Waals surface area contributed by atoms with E-state index in [2.05, 4.69) is 10.6 Å². The fraction of sp³-hybridized carbons (Fsp3) is 0.143. The van der Waals surface area contributed by atoms with E-state index in [-0.39, 0.29) is 22.7 Å². The third-order valence-corrected chi connectivity index (χ3v) is 4.08. The fourth-order valence-corrected chi connectivity index (χ4v) is 2.62. The molecule has 3 aromatic rings. The van der Waals surface area contributed by atoms with E-state index in [0.717, 1.165) is 11.6 Å². The predicted molar refractivity (Wildman–Crippen MR) is 106 cm³/mol. The molecule has 0 fully saturated rings. The average molecular weight is 394 g/mol. The number of hydrogen-bond acceptors (Lipinski definition) is 6. The van der Waals surface area contributed by atoms with Crippen molar-refractivity contribution in [3.05, 3.63) is 75.6 Å². The summed E-state index contributed by atoms with van der Waals surface area (Å²) >= 11 is 0. The molecule has 29 heavy (non-hydrogen) atoms. The molecule has 0 atom stereocenters. The normalized spacial score (nSPS) is 10.4. The Morgan fingerprint density at radius 3 is 2.45 bits per heavy atom. The van der Waals surface area contributed by atoms with Gasteiger partial charge in [-0.1, -0.05) is 11.6 Å². The number of nitrogens with one attached hydrogen (secondary N) is 2. The largest absolute Gasteiger partial charge is 0.450 e. The smallest absolute Gasteiger partial charge is 0.374 e. The van der Waals surface area contributed by atoms with Crippen LogP contribution in [0.1, 0.15) is 26.5 Å². The molecule has 8 heteroatoms. The zero-order valence-electron chi connectivity index (χ0n) is 15.8. The van der Waals surface area contributed by atoms with Crippen LogP contribution in [0.2, 0.25) is 0 Å². The first-order valence-electron chi connectivity index (χ1n) is 8.71. The third kappa shape index (κ3) is 4.67. The van der Waals surface area contributed by atoms with Gasteiger partial charge in [-0.25, -0.2) is 4.79 Å². The van der Waals surface area contributed by atoms with Crippen LogP contribution in [-0.4, -0.2) is 31.4 Å². The van der Waals surface area contributed by atoms with Crippen molar-refractivity contribution in [3.8, 4) is 0 Å². The van der Waals surface area contributed by atoms with Gasteiger partial charge >= 0.3 is 5.97 Å². The summed E-state index contributed by atoms with van der Waals surface area (Å²) in [5.74, 6) is -2.03. The van der Waals surface area contributed by atoms with Gasteiger partial charge in [0.05, 0.1) is 5.39 Å². The van der Waals surface area contributed by atoms with E-state index in [1.165, 1.54) is 7.05 Å². The first-order valence-corrected chi connectivity index (χ1v) is 8.71. The van der Waals surface area contributed by atoms with Crippen LogP contribution in [0, 0.1) is 6.92 Å². The summed E-state index contributed by atoms with van der Waals surface area (Å²) in [7, 11) is 1.52. The van der Waals surface area contributed by atoms with Crippen LogP contribution in [-0.2, 0) is 9.53 Å². The highest BCUT2D eigenvalue weighted by Crippen LogP contribution is 2.15. The molecule has 8 nitrogen and oxygen atoms in total. The summed E-state index contributed by atoms with van der Waals surface area (Å²) in [6.45, 7) is 1.28. The highest BCUT2D eigenvalue weighted by Gasteiger charge is 2.16. The lowest BCUT2D eigenvalue weighted by Gasteiger charge is -2.07. The molecule has 0 saturated heterocycles. The van der Waals surface area contributed by atoms with Crippen molar-refractivity contribution in [1.29, 1.82) is 0 Å². The number of fused-ring (bicyclic) bond motifs is 1. The SMILES string of the molecule is CNC(=O)c1ccc(NC(=O)COC(=O)c2cc(=O)c3cc(C)ccc3o2)cc1. The molecule has 3 rings (SSSR count). The van der Waals surface area contributed by atoms with Crippen LogP contribution >= 0.6 is 0 Å². The van der Waals surface area contributed by atoms with E-state index in [1.54, 1.807) is 42.5 Å². The lowest BCUT2D eigenvalue weighted by molar-refractivity contribution is -0.119. The first-order chi connectivity index (χ1) is 13.9. The Morgan fingerprint density at radius 1 is 1.03 bits per heavy atom. The molecular formula is C21H18N2O6. The van der Waals surface area contributed by atoms with Crippen molar-refractivity contribution >= 4 is 34.4 Å². The van der Waals surface area contributed by atoms with Crippen LogP contribution < -0.4 is 16.1 Å². The molecule has 2 N–H and O–H groups in total. The van der Waals surface area contributed by atoms with Crippen LogP contribution in [0.4, 0.5) is 5.69 Å². The van der Waals surface area contributed by atoms with Crippen molar-refractivity contribution in [3.63, 3.8) is 0 Å². The van der Waals surface area contributed by atoms with Gasteiger partial charge in [-0.05, 0) is 43.3 Å². The molecule has 0 radical (unpaired) electrons. The zero-order chi connectivity index (χ0) is 21.0. The summed E-state index contributed by atoms with van der Waals surface area (Å²) in [4.78, 5) is 47.8. The predicted octanol–water partition coefficient (Wildman–Crippen LogP) is 2.26. The Hall–Kier alpha value is -3.94. The van der Waals surface area contributed by atoms with Crippen molar-refractivity contribution in [2.45, 2.75) is 6.92 Å². The molecule has 0 aliphatic rings. The second-order valence-electron chi connectivity index (χ2n) is 6.26. The number of hydrogen-bond donors (Lipinski definition) is 2. The minimum atomic E-state index is -0.922. The van der Waals surface area contributed by atoms with Crippen LogP contribution in [0.5, 0.6) is 0 Å². The first kappa shape index (κ1) is 19.8. The number of ether oxygens (including phenoxy) is 1. The maximum absolute atomic E-state index is 12.2. The number of amides is 2. The Bertz CT molecular complexity index is 1150. The molecule has 2 aromatic carbocycles. The van der Waals surface area contributed by atoms with Crippen LogP contribution in [0.15, 0.2) is 57.7 Å². The van der Waals surface area contributed by atoms with Gasteiger partial charge in [0.2, 0.25) is 5.76 Å². The summed E-state index contributed by atoms with van der Waals surface area (Å²) in [6, 6.07) is 12.3. The molecule has 0 bridgehead atoms. The van der Waals surface area contributed by atoms with Gasteiger partial charge in [0.25, 0.3) is 11.8 Å². The number of anilines is 1. The number of rotatable bonds is 5. The maximum atomic E-state index is 12.2. The Balaban J connectivity index is 1.62. The van der Waals surface area contributed by atoms with Crippen LogP contribution in [0.3, 0.4) is 0 Å². The highest BCUT2D eigenvalue weighted by atomic mass is 16.5. The van der Waals surface area contributed by atoms with E-state index in [4.69, 9.17) is 9.15 Å². The number of carbonyl (C=O) groups is 3. The van der Waals surface area contributed by atoms with E-state index >= 15 is 0 Å². The zero-order valence-corrected chi connectivity index (χ0v) is 15.8. The van der Waals surface area contributed by atoms with Crippen molar-refractivity contribution < 1.29 is 23.5 Å². The summed E-state index contributed by atoms with van der Waals surface area (Å²) in [5, 5.41) is 5.39. The fourth-order valence-electron chi connectivity index (χ4n) is 2.62. The monoisotopic (exact) mass is 394 g/mol. The molecule has 0 spiro atoms. The summed E-state index contributed by atoms with van der Waals surface area (Å²) in [5.41, 5.74) is 1.66. The minimum Gasteiger partial charge on any atom is -0.450 e. The molecular weight excluding hydrogens is 376 g/mol. The lowest BCUT2D eigenvalue weighted by Crippen LogP contribution is -2.21. The van der Waals surface area contributed by atoms with Crippen LogP contribution in [0.25, 0.3) is 11.0 Å². The average Bonchev–Trinajstić information content (AvgIpc) is 2.72. The Morgan fingerprint density at radius 2 is 1.76 bits per heavy atom. The highest BCUT2D eigenvalue weighted by molar-refractivity contribution is 5.97. The van der Waals surface area contributed by atoms with Gasteiger partial charge in [0, 0.05) is 24.4 Å². The molecule has 0 saturated carbocycles. The topological polar surface area (TPSA) is 115 Å². The lowest BCUT2D eigenvalue weighted by atomic mass is 10.1. The van der Waals surface area contributed by atoms with Gasteiger partial charge in [-0.3, -0.25) is 14.4 Å². The van der Waals surface area contributed by atoms with E-state index in [1.807, 2.05) is 6.92 Å². The van der Waals surface area contributed by atoms with Gasteiger partial charge in [-0.15, -0.1) is 0 Å². The molecule has 148 valence electrons. The van der Waals surface area contributed by atoms with Gasteiger partial charge in [-0.2, -0.15) is 0 Å². The molecule has 1 aromatic heterocycles. The number of benzene rings is 2. The van der Waals surface area contributed by atoms with Gasteiger partial charge in [0.1, 0.15) is 5.58 Å². The second kappa shape index (κ2) is 8.39. The molecule has 0 aliphatic heterocycles. The minimum absolute atomic E-state index is 0.246. The summed E-state index contributed by atoms with van der Waals surface area (Å²) < 4.78 is 10.3. The quantitative estimate of drug-likeness (QED) is 0.642. The number of carbonyl (C=O) groups excluding carboxylic acids is 3. The van der Waals surface area contributed by atoms with E-state index in [0.29, 0.717) is 16.6 Å². The van der Waals surface area contributed by atoms with E-state index < -0.39 is 18.5 Å². The van der Waals surface area contributed by atoms with Crippen molar-refractivity contribution in [1.82, 2.24) is 5.32 Å². The van der Waals surface area contributed by atoms with E-state index in [9.17, 15) is 19.2 Å². The maximum Gasteiger partial charge on any atom is 0.374 e. The molecule has 0 unspecified atom stereocenters. The Labute approximate surface area is 165 Å². The molecule has 2 amide bonds. The number of aryl methyl sites for hydroxylation is 1. The Kier molecular flexibility index (Phi) is 5.73. The number of esters is 1. The third-order valence-electron chi connectivity index (χ3n) is 4.08. The second-order valence-corrected chi connectivity index (χ2v) is 6.26. The van der Waals surface area contributed by atoms with Crippen molar-refractivity contribution in [2.24, 2.45) is 0 Å². The standard InChI is InChI=1S/C21H18N2O6/c1-12-3-8-17-15(9-12)16(24)10-18(29-17)21(27)28-11-19(25)23-14-6-4-13(5-7-14)20(26)22-2/h3-10H,11H2,1-2H3,(H,22,26)(H,23,25).